The predicted octanol–water partition coefficient (Wildman–Crippen LogP) is 3.38. The summed E-state index contributed by atoms with van der Waals surface area (Å²) in [6.07, 6.45) is 0.972. The zero-order chi connectivity index (χ0) is 15.2. The first kappa shape index (κ1) is 15.2. The lowest BCUT2D eigenvalue weighted by Gasteiger charge is -2.09. The highest BCUT2D eigenvalue weighted by molar-refractivity contribution is 5.87. The summed E-state index contributed by atoms with van der Waals surface area (Å²) in [5.41, 5.74) is 2.95. The van der Waals surface area contributed by atoms with Crippen molar-refractivity contribution in [2.45, 2.75) is 26.4 Å². The minimum Gasteiger partial charge on any atom is -0.478 e. The third-order valence-corrected chi connectivity index (χ3v) is 3.41. The normalized spacial score (nSPS) is 10.6. The van der Waals surface area contributed by atoms with E-state index in [1.165, 1.54) is 23.3 Å². The number of hydrogen-bond acceptors (Lipinski definition) is 2. The van der Waals surface area contributed by atoms with Crippen molar-refractivity contribution in [3.05, 3.63) is 70.5 Å². The smallest absolute Gasteiger partial charge is 0.338 e. The molecule has 0 heterocycles. The van der Waals surface area contributed by atoms with Gasteiger partial charge in [-0.3, -0.25) is 0 Å². The van der Waals surface area contributed by atoms with Gasteiger partial charge in [0.25, 0.3) is 0 Å². The highest BCUT2D eigenvalue weighted by Gasteiger charge is 2.10. The van der Waals surface area contributed by atoms with Gasteiger partial charge in [0.2, 0.25) is 0 Å². The summed E-state index contributed by atoms with van der Waals surface area (Å²) in [6, 6.07) is 12.4. The van der Waals surface area contributed by atoms with Gasteiger partial charge in [-0.25, -0.2) is 9.18 Å². The molecule has 0 aromatic heterocycles. The van der Waals surface area contributed by atoms with Crippen LogP contribution < -0.4 is 5.32 Å². The molecule has 0 saturated carbocycles. The monoisotopic (exact) mass is 287 g/mol. The molecule has 0 spiro atoms. The third-order valence-electron chi connectivity index (χ3n) is 3.41. The van der Waals surface area contributed by atoms with Crippen molar-refractivity contribution >= 4 is 5.97 Å². The SMILES string of the molecule is CCc1ccccc1CNCc1ccc(C(=O)O)c(F)c1. The van der Waals surface area contributed by atoms with E-state index in [2.05, 4.69) is 24.4 Å². The average Bonchev–Trinajstić information content (AvgIpc) is 2.47. The fourth-order valence-electron chi connectivity index (χ4n) is 2.26. The molecule has 0 aliphatic carbocycles. The molecule has 0 saturated heterocycles. The molecule has 2 N–H and O–H groups in total. The van der Waals surface area contributed by atoms with Crippen LogP contribution in [-0.4, -0.2) is 11.1 Å². The van der Waals surface area contributed by atoms with Gasteiger partial charge in [0.1, 0.15) is 5.82 Å². The van der Waals surface area contributed by atoms with Crippen LogP contribution in [0.5, 0.6) is 0 Å². The van der Waals surface area contributed by atoms with Crippen molar-refractivity contribution < 1.29 is 14.3 Å². The fraction of sp³-hybridized carbons (Fsp3) is 0.235. The Bertz CT molecular complexity index is 640. The van der Waals surface area contributed by atoms with Crippen molar-refractivity contribution in [1.29, 1.82) is 0 Å². The number of hydrogen-bond donors (Lipinski definition) is 2. The van der Waals surface area contributed by atoms with E-state index in [-0.39, 0.29) is 5.56 Å². The van der Waals surface area contributed by atoms with E-state index in [4.69, 9.17) is 5.11 Å². The van der Waals surface area contributed by atoms with Crippen LogP contribution in [0, 0.1) is 5.82 Å². The van der Waals surface area contributed by atoms with E-state index >= 15 is 0 Å². The number of aryl methyl sites for hydroxylation is 1. The molecular weight excluding hydrogens is 269 g/mol. The van der Waals surface area contributed by atoms with E-state index in [1.54, 1.807) is 6.07 Å². The van der Waals surface area contributed by atoms with E-state index < -0.39 is 11.8 Å². The van der Waals surface area contributed by atoms with E-state index in [1.807, 2.05) is 12.1 Å². The van der Waals surface area contributed by atoms with Crippen LogP contribution >= 0.6 is 0 Å². The summed E-state index contributed by atoms with van der Waals surface area (Å²) >= 11 is 0. The van der Waals surface area contributed by atoms with Crippen molar-refractivity contribution in [3.63, 3.8) is 0 Å². The molecule has 0 unspecified atom stereocenters. The molecule has 3 nitrogen and oxygen atoms in total. The summed E-state index contributed by atoms with van der Waals surface area (Å²) in [6.45, 7) is 3.31. The average molecular weight is 287 g/mol. The van der Waals surface area contributed by atoms with Gasteiger partial charge >= 0.3 is 5.97 Å². The van der Waals surface area contributed by atoms with Gasteiger partial charge in [-0.15, -0.1) is 0 Å². The molecule has 2 aromatic carbocycles. The Kier molecular flexibility index (Phi) is 5.06. The number of nitrogens with one attached hydrogen (secondary N) is 1. The Morgan fingerprint density at radius 1 is 1.14 bits per heavy atom. The second kappa shape index (κ2) is 6.99. The molecule has 0 aliphatic rings. The maximum atomic E-state index is 13.6. The lowest BCUT2D eigenvalue weighted by atomic mass is 10.1. The largest absolute Gasteiger partial charge is 0.478 e. The Morgan fingerprint density at radius 2 is 1.86 bits per heavy atom. The summed E-state index contributed by atoms with van der Waals surface area (Å²) in [7, 11) is 0. The molecule has 0 radical (unpaired) electrons. The highest BCUT2D eigenvalue weighted by atomic mass is 19.1. The van der Waals surface area contributed by atoms with Crippen molar-refractivity contribution in [2.75, 3.05) is 0 Å². The number of carboxylic acid groups (broad SMARTS) is 1. The van der Waals surface area contributed by atoms with Crippen molar-refractivity contribution in [1.82, 2.24) is 5.32 Å². The first-order valence-corrected chi connectivity index (χ1v) is 6.91. The molecular formula is C17H18FNO2. The molecule has 0 fully saturated rings. The number of rotatable bonds is 6. The van der Waals surface area contributed by atoms with Gasteiger partial charge in [-0.2, -0.15) is 0 Å². The van der Waals surface area contributed by atoms with Crippen molar-refractivity contribution in [2.24, 2.45) is 0 Å². The minimum atomic E-state index is -1.25. The highest BCUT2D eigenvalue weighted by Crippen LogP contribution is 2.12. The van der Waals surface area contributed by atoms with E-state index in [9.17, 15) is 9.18 Å². The quantitative estimate of drug-likeness (QED) is 0.856. The van der Waals surface area contributed by atoms with Gasteiger partial charge in [0.05, 0.1) is 5.56 Å². The Morgan fingerprint density at radius 3 is 2.48 bits per heavy atom. The first-order valence-electron chi connectivity index (χ1n) is 6.91. The van der Waals surface area contributed by atoms with Gasteiger partial charge < -0.3 is 10.4 Å². The van der Waals surface area contributed by atoms with Crippen LogP contribution in [0.2, 0.25) is 0 Å². The molecule has 4 heteroatoms. The fourth-order valence-corrected chi connectivity index (χ4v) is 2.26. The van der Waals surface area contributed by atoms with Crippen LogP contribution in [0.3, 0.4) is 0 Å². The topological polar surface area (TPSA) is 49.3 Å². The maximum Gasteiger partial charge on any atom is 0.338 e. The summed E-state index contributed by atoms with van der Waals surface area (Å²) in [5, 5.41) is 12.0. The van der Waals surface area contributed by atoms with Crippen LogP contribution in [0.15, 0.2) is 42.5 Å². The van der Waals surface area contributed by atoms with Crippen LogP contribution in [-0.2, 0) is 19.5 Å². The molecule has 0 atom stereocenters. The van der Waals surface area contributed by atoms with E-state index in [0.717, 1.165) is 12.0 Å². The first-order chi connectivity index (χ1) is 10.1. The van der Waals surface area contributed by atoms with Crippen LogP contribution in [0.1, 0.15) is 34.0 Å². The zero-order valence-electron chi connectivity index (χ0n) is 11.9. The summed E-state index contributed by atoms with van der Waals surface area (Å²) in [5.74, 6) is -1.94. The van der Waals surface area contributed by atoms with Gasteiger partial charge in [-0.05, 0) is 35.2 Å². The Labute approximate surface area is 123 Å². The molecule has 110 valence electrons. The summed E-state index contributed by atoms with van der Waals surface area (Å²) < 4.78 is 13.6. The number of benzene rings is 2. The lowest BCUT2D eigenvalue weighted by molar-refractivity contribution is 0.0692. The second-order valence-corrected chi connectivity index (χ2v) is 4.85. The minimum absolute atomic E-state index is 0.296. The Hall–Kier alpha value is -2.20. The molecule has 0 amide bonds. The number of carboxylic acids is 1. The standard InChI is InChI=1S/C17H18FNO2/c1-2-13-5-3-4-6-14(13)11-19-10-12-7-8-15(17(20)21)16(18)9-12/h3-9,19H,2,10-11H2,1H3,(H,20,21). The van der Waals surface area contributed by atoms with Gasteiger partial charge in [-0.1, -0.05) is 37.3 Å². The van der Waals surface area contributed by atoms with Crippen LogP contribution in [0.4, 0.5) is 4.39 Å². The Balaban J connectivity index is 1.97. The zero-order valence-corrected chi connectivity index (χ0v) is 11.9. The number of carbonyl (C=O) groups is 1. The molecule has 0 bridgehead atoms. The van der Waals surface area contributed by atoms with Gasteiger partial charge in [0.15, 0.2) is 0 Å². The molecule has 0 aliphatic heterocycles. The van der Waals surface area contributed by atoms with Crippen LogP contribution in [0.25, 0.3) is 0 Å². The predicted molar refractivity (Wildman–Crippen MR) is 79.7 cm³/mol. The maximum absolute atomic E-state index is 13.6. The van der Waals surface area contributed by atoms with E-state index in [0.29, 0.717) is 13.1 Å². The third kappa shape index (κ3) is 3.89. The molecule has 21 heavy (non-hydrogen) atoms. The number of aromatic carboxylic acids is 1. The lowest BCUT2D eigenvalue weighted by Crippen LogP contribution is -2.14. The number of halogens is 1. The van der Waals surface area contributed by atoms with Gasteiger partial charge in [0, 0.05) is 13.1 Å². The second-order valence-electron chi connectivity index (χ2n) is 4.85. The van der Waals surface area contributed by atoms with Crippen molar-refractivity contribution in [3.8, 4) is 0 Å². The summed E-state index contributed by atoms with van der Waals surface area (Å²) in [4.78, 5) is 10.7. The molecule has 2 aromatic rings. The molecule has 2 rings (SSSR count).